The van der Waals surface area contributed by atoms with E-state index < -0.39 is 0 Å². The molecule has 2 rings (SSSR count). The Hall–Kier alpha value is -1.19. The molecule has 84 valence electrons. The number of aromatic hydroxyl groups is 1. The van der Waals surface area contributed by atoms with Gasteiger partial charge in [-0.1, -0.05) is 17.7 Å². The maximum atomic E-state index is 9.50. The van der Waals surface area contributed by atoms with Crippen molar-refractivity contribution in [2.24, 2.45) is 0 Å². The molecule has 0 fully saturated rings. The third kappa shape index (κ3) is 2.49. The molecular formula is C12H11ClO2S. The predicted molar refractivity (Wildman–Crippen MR) is 66.5 cm³/mol. The van der Waals surface area contributed by atoms with Crippen molar-refractivity contribution in [1.82, 2.24) is 0 Å². The third-order valence-corrected chi connectivity index (χ3v) is 3.46. The van der Waals surface area contributed by atoms with Crippen LogP contribution in [-0.4, -0.2) is 5.11 Å². The van der Waals surface area contributed by atoms with Gasteiger partial charge in [0.25, 0.3) is 0 Å². The molecule has 0 aliphatic rings. The summed E-state index contributed by atoms with van der Waals surface area (Å²) in [5, 5.41) is 9.50. The fourth-order valence-corrected chi connectivity index (χ4v) is 2.34. The number of thiophene rings is 1. The van der Waals surface area contributed by atoms with Crippen LogP contribution < -0.4 is 4.74 Å². The molecule has 0 radical (unpaired) electrons. The van der Waals surface area contributed by atoms with Crippen molar-refractivity contribution >= 4 is 22.9 Å². The van der Waals surface area contributed by atoms with E-state index >= 15 is 0 Å². The molecule has 16 heavy (non-hydrogen) atoms. The Kier molecular flexibility index (Phi) is 3.36. The zero-order valence-corrected chi connectivity index (χ0v) is 10.3. The Balaban J connectivity index is 2.07. The van der Waals surface area contributed by atoms with E-state index in [1.165, 1.54) is 11.3 Å². The fraction of sp³-hybridized carbons (Fsp3) is 0.167. The molecule has 0 amide bonds. The molecule has 1 aromatic heterocycles. The lowest BCUT2D eigenvalue weighted by Gasteiger charge is -2.08. The highest BCUT2D eigenvalue weighted by molar-refractivity contribution is 7.16. The second kappa shape index (κ2) is 4.76. The minimum atomic E-state index is 0.252. The van der Waals surface area contributed by atoms with Gasteiger partial charge < -0.3 is 9.84 Å². The summed E-state index contributed by atoms with van der Waals surface area (Å²) < 4.78 is 6.36. The van der Waals surface area contributed by atoms with Crippen molar-refractivity contribution in [3.05, 3.63) is 45.1 Å². The van der Waals surface area contributed by atoms with E-state index in [4.69, 9.17) is 16.3 Å². The molecule has 2 nitrogen and oxygen atoms in total. The zero-order chi connectivity index (χ0) is 11.5. The van der Waals surface area contributed by atoms with E-state index in [0.717, 1.165) is 14.8 Å². The van der Waals surface area contributed by atoms with Gasteiger partial charge in [-0.3, -0.25) is 0 Å². The van der Waals surface area contributed by atoms with Crippen LogP contribution in [0.4, 0.5) is 0 Å². The molecule has 0 spiro atoms. The first kappa shape index (κ1) is 11.3. The van der Waals surface area contributed by atoms with Crippen LogP contribution in [0.2, 0.25) is 4.34 Å². The SMILES string of the molecule is Cc1c(O)cccc1OCc1ccc(Cl)s1. The molecule has 0 aliphatic heterocycles. The lowest BCUT2D eigenvalue weighted by molar-refractivity contribution is 0.305. The number of phenols is 1. The van der Waals surface area contributed by atoms with Gasteiger partial charge in [0.15, 0.2) is 0 Å². The zero-order valence-electron chi connectivity index (χ0n) is 8.74. The van der Waals surface area contributed by atoms with Crippen LogP contribution in [0, 0.1) is 6.92 Å². The van der Waals surface area contributed by atoms with Crippen LogP contribution in [0.15, 0.2) is 30.3 Å². The monoisotopic (exact) mass is 254 g/mol. The second-order valence-electron chi connectivity index (χ2n) is 3.39. The van der Waals surface area contributed by atoms with Crippen LogP contribution in [0.3, 0.4) is 0 Å². The highest BCUT2D eigenvalue weighted by atomic mass is 35.5. The van der Waals surface area contributed by atoms with Crippen LogP contribution >= 0.6 is 22.9 Å². The summed E-state index contributed by atoms with van der Waals surface area (Å²) in [6.07, 6.45) is 0. The Bertz CT molecular complexity index is 494. The number of ether oxygens (including phenoxy) is 1. The summed E-state index contributed by atoms with van der Waals surface area (Å²) in [7, 11) is 0. The number of rotatable bonds is 3. The molecule has 1 heterocycles. The highest BCUT2D eigenvalue weighted by Crippen LogP contribution is 2.28. The molecule has 0 saturated carbocycles. The van der Waals surface area contributed by atoms with Gasteiger partial charge in [-0.15, -0.1) is 11.3 Å². The Morgan fingerprint density at radius 3 is 2.81 bits per heavy atom. The fourth-order valence-electron chi connectivity index (χ4n) is 1.34. The maximum absolute atomic E-state index is 9.50. The van der Waals surface area contributed by atoms with E-state index in [2.05, 4.69) is 0 Å². The predicted octanol–water partition coefficient (Wildman–Crippen LogP) is 3.99. The largest absolute Gasteiger partial charge is 0.508 e. The van der Waals surface area contributed by atoms with Gasteiger partial charge in [0, 0.05) is 10.4 Å². The molecule has 1 aromatic carbocycles. The summed E-state index contributed by atoms with van der Waals surface area (Å²) in [6, 6.07) is 9.03. The highest BCUT2D eigenvalue weighted by Gasteiger charge is 2.04. The maximum Gasteiger partial charge on any atom is 0.126 e. The minimum absolute atomic E-state index is 0.252. The molecule has 0 unspecified atom stereocenters. The Morgan fingerprint density at radius 2 is 2.12 bits per heavy atom. The lowest BCUT2D eigenvalue weighted by Crippen LogP contribution is -1.94. The van der Waals surface area contributed by atoms with Crippen LogP contribution in [0.25, 0.3) is 0 Å². The number of benzene rings is 1. The van der Waals surface area contributed by atoms with Crippen molar-refractivity contribution in [2.75, 3.05) is 0 Å². The minimum Gasteiger partial charge on any atom is -0.508 e. The van der Waals surface area contributed by atoms with Gasteiger partial charge in [-0.2, -0.15) is 0 Å². The van der Waals surface area contributed by atoms with E-state index in [-0.39, 0.29) is 5.75 Å². The van der Waals surface area contributed by atoms with E-state index in [9.17, 15) is 5.11 Å². The molecule has 0 bridgehead atoms. The normalized spacial score (nSPS) is 10.4. The number of hydrogen-bond donors (Lipinski definition) is 1. The van der Waals surface area contributed by atoms with Gasteiger partial charge >= 0.3 is 0 Å². The molecule has 4 heteroatoms. The Morgan fingerprint density at radius 1 is 1.31 bits per heavy atom. The summed E-state index contributed by atoms with van der Waals surface area (Å²) in [4.78, 5) is 1.06. The van der Waals surface area contributed by atoms with Gasteiger partial charge in [0.1, 0.15) is 18.1 Å². The summed E-state index contributed by atoms with van der Waals surface area (Å²) >= 11 is 7.32. The Labute approximate surface area is 103 Å². The quantitative estimate of drug-likeness (QED) is 0.897. The van der Waals surface area contributed by atoms with Gasteiger partial charge in [-0.25, -0.2) is 0 Å². The standard InChI is InChI=1S/C12H11ClO2S/c1-8-10(14)3-2-4-11(8)15-7-9-5-6-12(13)16-9/h2-6,14H,7H2,1H3. The van der Waals surface area contributed by atoms with Crippen molar-refractivity contribution in [1.29, 1.82) is 0 Å². The van der Waals surface area contributed by atoms with Crippen molar-refractivity contribution in [2.45, 2.75) is 13.5 Å². The second-order valence-corrected chi connectivity index (χ2v) is 5.19. The number of hydrogen-bond acceptors (Lipinski definition) is 3. The van der Waals surface area contributed by atoms with E-state index in [1.54, 1.807) is 12.1 Å². The smallest absolute Gasteiger partial charge is 0.126 e. The van der Waals surface area contributed by atoms with E-state index in [1.807, 2.05) is 25.1 Å². The molecule has 2 aromatic rings. The molecule has 0 aliphatic carbocycles. The van der Waals surface area contributed by atoms with E-state index in [0.29, 0.717) is 12.4 Å². The first-order valence-electron chi connectivity index (χ1n) is 4.82. The summed E-state index contributed by atoms with van der Waals surface area (Å²) in [5.41, 5.74) is 0.755. The molecule has 0 saturated heterocycles. The lowest BCUT2D eigenvalue weighted by atomic mass is 10.2. The van der Waals surface area contributed by atoms with Crippen molar-refractivity contribution < 1.29 is 9.84 Å². The first-order chi connectivity index (χ1) is 7.66. The summed E-state index contributed by atoms with van der Waals surface area (Å²) in [5.74, 6) is 0.950. The van der Waals surface area contributed by atoms with Crippen molar-refractivity contribution in [3.8, 4) is 11.5 Å². The summed E-state index contributed by atoms with van der Waals surface area (Å²) in [6.45, 7) is 2.30. The van der Waals surface area contributed by atoms with Crippen LogP contribution in [-0.2, 0) is 6.61 Å². The van der Waals surface area contributed by atoms with Crippen LogP contribution in [0.5, 0.6) is 11.5 Å². The molecule has 0 atom stereocenters. The average molecular weight is 255 g/mol. The topological polar surface area (TPSA) is 29.5 Å². The van der Waals surface area contributed by atoms with Crippen molar-refractivity contribution in [3.63, 3.8) is 0 Å². The van der Waals surface area contributed by atoms with Gasteiger partial charge in [0.2, 0.25) is 0 Å². The first-order valence-corrected chi connectivity index (χ1v) is 6.02. The molecule has 1 N–H and O–H groups in total. The number of phenolic OH excluding ortho intramolecular Hbond substituents is 1. The molecular weight excluding hydrogens is 244 g/mol. The van der Waals surface area contributed by atoms with Gasteiger partial charge in [-0.05, 0) is 31.2 Å². The third-order valence-electron chi connectivity index (χ3n) is 2.25. The van der Waals surface area contributed by atoms with Gasteiger partial charge in [0.05, 0.1) is 4.34 Å². The number of halogens is 1. The average Bonchev–Trinajstić information content (AvgIpc) is 2.67. The van der Waals surface area contributed by atoms with Crippen LogP contribution in [0.1, 0.15) is 10.4 Å².